The maximum Gasteiger partial charge on any atom is 0.323 e. The molecule has 0 unspecified atom stereocenters. The largest absolute Gasteiger partial charge is 0.480 e. The van der Waals surface area contributed by atoms with E-state index in [4.69, 9.17) is 28.3 Å². The number of nitro benzene ring substituents is 1. The molecule has 2 N–H and O–H groups in total. The Morgan fingerprint density at radius 2 is 2.05 bits per heavy atom. The number of halogens is 2. The summed E-state index contributed by atoms with van der Waals surface area (Å²) in [4.78, 5) is 21.3. The van der Waals surface area contributed by atoms with Gasteiger partial charge < -0.3 is 5.11 Å². The third kappa shape index (κ3) is 3.56. The molecule has 0 fully saturated rings. The zero-order valence-electron chi connectivity index (χ0n) is 10.2. The topological polar surface area (TPSA) is 92.5 Å². The molecule has 0 radical (unpaired) electrons. The van der Waals surface area contributed by atoms with E-state index in [0.717, 1.165) is 0 Å². The summed E-state index contributed by atoms with van der Waals surface area (Å²) in [6.07, 6.45) is 0. The Labute approximate surface area is 119 Å². The summed E-state index contributed by atoms with van der Waals surface area (Å²) in [5.41, 5.74) is -1.28. The molecule has 0 bridgehead atoms. The first-order valence-electron chi connectivity index (χ1n) is 5.26. The third-order valence-electron chi connectivity index (χ3n) is 2.61. The van der Waals surface area contributed by atoms with Crippen molar-refractivity contribution in [3.63, 3.8) is 0 Å². The van der Waals surface area contributed by atoms with Crippen molar-refractivity contribution in [1.29, 1.82) is 0 Å². The van der Waals surface area contributed by atoms with Crippen molar-refractivity contribution in [2.75, 3.05) is 0 Å². The van der Waals surface area contributed by atoms with E-state index in [2.05, 4.69) is 5.32 Å². The molecule has 0 heterocycles. The van der Waals surface area contributed by atoms with Crippen LogP contribution in [-0.4, -0.2) is 21.5 Å². The van der Waals surface area contributed by atoms with Gasteiger partial charge >= 0.3 is 5.97 Å². The predicted octanol–water partition coefficient (Wildman–Crippen LogP) is 2.85. The lowest BCUT2D eigenvalue weighted by Gasteiger charge is -2.21. The lowest BCUT2D eigenvalue weighted by molar-refractivity contribution is -0.385. The molecular formula is C11H12Cl2N2O4. The molecule has 0 atom stereocenters. The van der Waals surface area contributed by atoms with Crippen molar-refractivity contribution in [3.05, 3.63) is 37.9 Å². The maximum absolute atomic E-state index is 11.0. The van der Waals surface area contributed by atoms with E-state index < -0.39 is 16.4 Å². The minimum atomic E-state index is -1.24. The fourth-order valence-electron chi connectivity index (χ4n) is 1.31. The highest BCUT2D eigenvalue weighted by Crippen LogP contribution is 2.33. The Hall–Kier alpha value is -1.37. The van der Waals surface area contributed by atoms with Gasteiger partial charge in [-0.2, -0.15) is 0 Å². The van der Waals surface area contributed by atoms with Crippen molar-refractivity contribution >= 4 is 34.9 Å². The molecule has 0 saturated carbocycles. The van der Waals surface area contributed by atoms with E-state index >= 15 is 0 Å². The van der Waals surface area contributed by atoms with Crippen LogP contribution in [-0.2, 0) is 11.3 Å². The lowest BCUT2D eigenvalue weighted by Crippen LogP contribution is -2.46. The zero-order valence-corrected chi connectivity index (χ0v) is 11.7. The van der Waals surface area contributed by atoms with E-state index in [0.29, 0.717) is 0 Å². The van der Waals surface area contributed by atoms with Gasteiger partial charge in [-0.15, -0.1) is 0 Å². The molecule has 1 rings (SSSR count). The first-order chi connectivity index (χ1) is 8.66. The smallest absolute Gasteiger partial charge is 0.323 e. The maximum atomic E-state index is 11.0. The molecule has 0 saturated heterocycles. The van der Waals surface area contributed by atoms with Crippen LogP contribution < -0.4 is 5.32 Å². The predicted molar refractivity (Wildman–Crippen MR) is 71.7 cm³/mol. The fraction of sp³-hybridized carbons (Fsp3) is 0.364. The van der Waals surface area contributed by atoms with Crippen LogP contribution in [0.3, 0.4) is 0 Å². The van der Waals surface area contributed by atoms with Crippen molar-refractivity contribution in [2.45, 2.75) is 25.9 Å². The molecule has 8 heteroatoms. The molecule has 19 heavy (non-hydrogen) atoms. The Bertz CT molecular complexity index is 532. The lowest BCUT2D eigenvalue weighted by atomic mass is 10.1. The Morgan fingerprint density at radius 1 is 1.47 bits per heavy atom. The minimum absolute atomic E-state index is 0.0459. The number of hydrogen-bond donors (Lipinski definition) is 2. The number of nitrogens with one attached hydrogen (secondary N) is 1. The van der Waals surface area contributed by atoms with Gasteiger partial charge in [0.2, 0.25) is 0 Å². The molecule has 0 amide bonds. The molecule has 0 aliphatic heterocycles. The van der Waals surface area contributed by atoms with Crippen molar-refractivity contribution < 1.29 is 14.8 Å². The number of nitro groups is 1. The van der Waals surface area contributed by atoms with E-state index in [1.165, 1.54) is 26.0 Å². The van der Waals surface area contributed by atoms with Crippen molar-refractivity contribution in [3.8, 4) is 0 Å². The summed E-state index contributed by atoms with van der Waals surface area (Å²) >= 11 is 11.7. The Balaban J connectivity index is 3.10. The van der Waals surface area contributed by atoms with Crippen LogP contribution in [0.1, 0.15) is 19.4 Å². The monoisotopic (exact) mass is 306 g/mol. The van der Waals surface area contributed by atoms with Gasteiger partial charge in [-0.25, -0.2) is 0 Å². The number of aliphatic carboxylic acids is 1. The molecule has 6 nitrogen and oxygen atoms in total. The number of carbonyl (C=O) groups is 1. The van der Waals surface area contributed by atoms with Crippen LogP contribution in [0.4, 0.5) is 5.69 Å². The van der Waals surface area contributed by atoms with Gasteiger partial charge in [0.1, 0.15) is 5.54 Å². The van der Waals surface area contributed by atoms with Crippen molar-refractivity contribution in [2.24, 2.45) is 0 Å². The van der Waals surface area contributed by atoms with Gasteiger partial charge in [0.05, 0.1) is 20.5 Å². The second kappa shape index (κ2) is 5.73. The molecule has 0 aliphatic carbocycles. The Kier molecular flexibility index (Phi) is 4.73. The summed E-state index contributed by atoms with van der Waals surface area (Å²) < 4.78 is 0. The second-order valence-corrected chi connectivity index (χ2v) is 5.19. The van der Waals surface area contributed by atoms with Crippen molar-refractivity contribution in [1.82, 2.24) is 5.32 Å². The molecular weight excluding hydrogens is 295 g/mol. The van der Waals surface area contributed by atoms with E-state index in [-0.39, 0.29) is 27.8 Å². The van der Waals surface area contributed by atoms with Crippen LogP contribution in [0.25, 0.3) is 0 Å². The van der Waals surface area contributed by atoms with E-state index in [1.54, 1.807) is 0 Å². The summed E-state index contributed by atoms with van der Waals surface area (Å²) in [5, 5.41) is 22.8. The molecule has 0 aliphatic rings. The number of hydrogen-bond acceptors (Lipinski definition) is 4. The number of nitrogens with zero attached hydrogens (tertiary/aromatic N) is 1. The average Bonchev–Trinajstić information content (AvgIpc) is 2.30. The SMILES string of the molecule is CC(C)(NCc1c([N+](=O)[O-])ccc(Cl)c1Cl)C(=O)O. The minimum Gasteiger partial charge on any atom is -0.480 e. The normalized spacial score (nSPS) is 11.4. The average molecular weight is 307 g/mol. The van der Waals surface area contributed by atoms with Crippen LogP contribution in [0, 0.1) is 10.1 Å². The first kappa shape index (κ1) is 15.7. The second-order valence-electron chi connectivity index (χ2n) is 4.40. The van der Waals surface area contributed by atoms with Gasteiger partial charge in [0.15, 0.2) is 0 Å². The Morgan fingerprint density at radius 3 is 2.53 bits per heavy atom. The summed E-state index contributed by atoms with van der Waals surface area (Å²) in [5.74, 6) is -1.08. The molecule has 104 valence electrons. The zero-order chi connectivity index (χ0) is 14.8. The van der Waals surface area contributed by atoms with Gasteiger partial charge in [-0.3, -0.25) is 20.2 Å². The summed E-state index contributed by atoms with van der Waals surface area (Å²) in [6, 6.07) is 2.56. The van der Waals surface area contributed by atoms with Crippen LogP contribution in [0.2, 0.25) is 10.0 Å². The van der Waals surface area contributed by atoms with Gasteiger partial charge in [0.25, 0.3) is 5.69 Å². The molecule has 0 aromatic heterocycles. The van der Waals surface area contributed by atoms with Gasteiger partial charge in [0, 0.05) is 12.6 Å². The van der Waals surface area contributed by atoms with Crippen LogP contribution >= 0.6 is 23.2 Å². The van der Waals surface area contributed by atoms with E-state index in [1.807, 2.05) is 0 Å². The number of rotatable bonds is 5. The third-order valence-corrected chi connectivity index (χ3v) is 3.45. The molecule has 0 spiro atoms. The number of carboxylic acid groups (broad SMARTS) is 1. The number of carboxylic acids is 1. The van der Waals surface area contributed by atoms with Gasteiger partial charge in [-0.05, 0) is 19.9 Å². The highest BCUT2D eigenvalue weighted by atomic mass is 35.5. The summed E-state index contributed by atoms with van der Waals surface area (Å²) in [7, 11) is 0. The quantitative estimate of drug-likeness (QED) is 0.644. The van der Waals surface area contributed by atoms with Crippen LogP contribution in [0.15, 0.2) is 12.1 Å². The number of benzene rings is 1. The molecule has 1 aromatic rings. The molecule has 1 aromatic carbocycles. The van der Waals surface area contributed by atoms with Crippen LogP contribution in [0.5, 0.6) is 0 Å². The van der Waals surface area contributed by atoms with E-state index in [9.17, 15) is 14.9 Å². The van der Waals surface area contributed by atoms with Gasteiger partial charge in [-0.1, -0.05) is 23.2 Å². The fourth-order valence-corrected chi connectivity index (χ4v) is 1.71. The standard InChI is InChI=1S/C11H12Cl2N2O4/c1-11(2,10(16)17)14-5-6-8(15(18)19)4-3-7(12)9(6)13/h3-4,14H,5H2,1-2H3,(H,16,17). The summed E-state index contributed by atoms with van der Waals surface area (Å²) in [6.45, 7) is 2.81. The highest BCUT2D eigenvalue weighted by molar-refractivity contribution is 6.42. The highest BCUT2D eigenvalue weighted by Gasteiger charge is 2.28. The first-order valence-corrected chi connectivity index (χ1v) is 6.02.